The van der Waals surface area contributed by atoms with Crippen LogP contribution >= 0.6 is 11.8 Å². The summed E-state index contributed by atoms with van der Waals surface area (Å²) in [6.45, 7) is 2.24. The van der Waals surface area contributed by atoms with Gasteiger partial charge in [0.15, 0.2) is 0 Å². The van der Waals surface area contributed by atoms with Gasteiger partial charge in [0, 0.05) is 31.0 Å². The number of amides is 2. The van der Waals surface area contributed by atoms with E-state index in [-0.39, 0.29) is 12.1 Å². The molecule has 1 aliphatic rings. The fourth-order valence-corrected chi connectivity index (χ4v) is 3.64. The van der Waals surface area contributed by atoms with Crippen molar-refractivity contribution in [1.82, 2.24) is 15.1 Å². The Morgan fingerprint density at radius 1 is 1.35 bits per heavy atom. The van der Waals surface area contributed by atoms with Crippen LogP contribution in [0.1, 0.15) is 18.0 Å². The summed E-state index contributed by atoms with van der Waals surface area (Å²) in [4.78, 5) is 16.5. The second-order valence-corrected chi connectivity index (χ2v) is 7.09. The zero-order valence-corrected chi connectivity index (χ0v) is 15.1. The highest BCUT2D eigenvalue weighted by atomic mass is 32.2. The smallest absolute Gasteiger partial charge is 0.317 e. The minimum atomic E-state index is 0.0363. The lowest BCUT2D eigenvalue weighted by Crippen LogP contribution is -2.44. The molecule has 0 spiro atoms. The molecule has 0 aliphatic carbocycles. The Kier molecular flexibility index (Phi) is 7.05. The number of carbonyl (C=O) groups is 1. The van der Waals surface area contributed by atoms with Crippen molar-refractivity contribution in [3.8, 4) is 5.75 Å². The minimum absolute atomic E-state index is 0.0363. The zero-order chi connectivity index (χ0) is 16.7. The predicted octanol–water partition coefficient (Wildman–Crippen LogP) is 2.45. The van der Waals surface area contributed by atoms with E-state index in [1.165, 1.54) is 0 Å². The Bertz CT molecular complexity index is 502. The standard InChI is InChI=1S/C17H27N3O2S/c1-19(2)15(14-7-4-5-8-16(14)22-3)13-18-17(21)20-9-6-11-23-12-10-20/h4-5,7-8,15H,6,9-13H2,1-3H3,(H,18,21). The van der Waals surface area contributed by atoms with Gasteiger partial charge < -0.3 is 19.9 Å². The van der Waals surface area contributed by atoms with E-state index in [1.807, 2.05) is 49.0 Å². The first-order valence-corrected chi connectivity index (χ1v) is 9.19. The Morgan fingerprint density at radius 3 is 2.87 bits per heavy atom. The van der Waals surface area contributed by atoms with Gasteiger partial charge in [0.2, 0.25) is 0 Å². The number of nitrogens with zero attached hydrogens (tertiary/aromatic N) is 2. The van der Waals surface area contributed by atoms with Crippen molar-refractivity contribution in [3.05, 3.63) is 29.8 Å². The molecule has 1 fully saturated rings. The second kappa shape index (κ2) is 9.03. The maximum Gasteiger partial charge on any atom is 0.317 e. The fourth-order valence-electron chi connectivity index (χ4n) is 2.76. The Balaban J connectivity index is 2.01. The molecule has 0 bridgehead atoms. The molecule has 1 saturated heterocycles. The average molecular weight is 337 g/mol. The van der Waals surface area contributed by atoms with E-state index in [4.69, 9.17) is 4.74 Å². The van der Waals surface area contributed by atoms with E-state index < -0.39 is 0 Å². The monoisotopic (exact) mass is 337 g/mol. The number of thioether (sulfide) groups is 1. The quantitative estimate of drug-likeness (QED) is 0.896. The fraction of sp³-hybridized carbons (Fsp3) is 0.588. The predicted molar refractivity (Wildman–Crippen MR) is 96.3 cm³/mol. The average Bonchev–Trinajstić information content (AvgIpc) is 2.84. The van der Waals surface area contributed by atoms with Crippen LogP contribution in [0.25, 0.3) is 0 Å². The molecule has 0 radical (unpaired) electrons. The summed E-state index contributed by atoms with van der Waals surface area (Å²) in [5.41, 5.74) is 1.09. The van der Waals surface area contributed by atoms with Crippen molar-refractivity contribution in [3.63, 3.8) is 0 Å². The lowest BCUT2D eigenvalue weighted by atomic mass is 10.0. The van der Waals surface area contributed by atoms with E-state index in [9.17, 15) is 4.79 Å². The molecule has 128 valence electrons. The number of rotatable bonds is 5. The van der Waals surface area contributed by atoms with Crippen LogP contribution in [0.3, 0.4) is 0 Å². The number of carbonyl (C=O) groups excluding carboxylic acids is 1. The minimum Gasteiger partial charge on any atom is -0.496 e. The lowest BCUT2D eigenvalue weighted by Gasteiger charge is -2.28. The van der Waals surface area contributed by atoms with E-state index in [0.29, 0.717) is 6.54 Å². The maximum atomic E-state index is 12.4. The summed E-state index contributed by atoms with van der Waals surface area (Å²) in [7, 11) is 5.72. The molecule has 0 saturated carbocycles. The Hall–Kier alpha value is -1.40. The van der Waals surface area contributed by atoms with Crippen LogP contribution in [0, 0.1) is 0 Å². The maximum absolute atomic E-state index is 12.4. The van der Waals surface area contributed by atoms with Gasteiger partial charge in [0.25, 0.3) is 0 Å². The molecule has 1 heterocycles. The van der Waals surface area contributed by atoms with Crippen molar-refractivity contribution in [2.45, 2.75) is 12.5 Å². The van der Waals surface area contributed by atoms with Crippen LogP contribution in [0.15, 0.2) is 24.3 Å². The highest BCUT2D eigenvalue weighted by Gasteiger charge is 2.21. The van der Waals surface area contributed by atoms with Crippen LogP contribution in [-0.4, -0.2) is 68.2 Å². The van der Waals surface area contributed by atoms with Gasteiger partial charge in [-0.05, 0) is 32.3 Å². The van der Waals surface area contributed by atoms with Crippen LogP contribution in [0.4, 0.5) is 4.79 Å². The number of benzene rings is 1. The van der Waals surface area contributed by atoms with Crippen molar-refractivity contribution < 1.29 is 9.53 Å². The number of hydrogen-bond donors (Lipinski definition) is 1. The first kappa shape index (κ1) is 17.9. The second-order valence-electron chi connectivity index (χ2n) is 5.86. The molecule has 1 aliphatic heterocycles. The molecule has 1 aromatic rings. The molecule has 1 atom stereocenters. The topological polar surface area (TPSA) is 44.8 Å². The Morgan fingerprint density at radius 2 is 2.13 bits per heavy atom. The van der Waals surface area contributed by atoms with Crippen LogP contribution in [0.5, 0.6) is 5.75 Å². The van der Waals surface area contributed by atoms with Gasteiger partial charge in [-0.2, -0.15) is 11.8 Å². The number of likely N-dealkylation sites (N-methyl/N-ethyl adjacent to an activating group) is 1. The van der Waals surface area contributed by atoms with Gasteiger partial charge in [0.1, 0.15) is 5.75 Å². The van der Waals surface area contributed by atoms with Crippen LogP contribution in [-0.2, 0) is 0 Å². The first-order valence-electron chi connectivity index (χ1n) is 8.03. The molecule has 0 aromatic heterocycles. The number of urea groups is 1. The summed E-state index contributed by atoms with van der Waals surface area (Å²) < 4.78 is 5.46. The van der Waals surface area contributed by atoms with Crippen molar-refractivity contribution >= 4 is 17.8 Å². The van der Waals surface area contributed by atoms with E-state index >= 15 is 0 Å². The van der Waals surface area contributed by atoms with Crippen molar-refractivity contribution in [2.24, 2.45) is 0 Å². The highest BCUT2D eigenvalue weighted by Crippen LogP contribution is 2.27. The van der Waals surface area contributed by atoms with Crippen molar-refractivity contribution in [1.29, 1.82) is 0 Å². The number of ether oxygens (including phenoxy) is 1. The third kappa shape index (κ3) is 5.04. The first-order chi connectivity index (χ1) is 11.1. The zero-order valence-electron chi connectivity index (χ0n) is 14.2. The normalized spacial score (nSPS) is 16.8. The molecular weight excluding hydrogens is 310 g/mol. The Labute approximate surface area is 143 Å². The van der Waals surface area contributed by atoms with E-state index in [2.05, 4.69) is 16.3 Å². The number of hydrogen-bond acceptors (Lipinski definition) is 4. The van der Waals surface area contributed by atoms with Crippen LogP contribution < -0.4 is 10.1 Å². The van der Waals surface area contributed by atoms with Gasteiger partial charge in [0.05, 0.1) is 13.2 Å². The number of nitrogens with one attached hydrogen (secondary N) is 1. The lowest BCUT2D eigenvalue weighted by molar-refractivity contribution is 0.195. The van der Waals surface area contributed by atoms with Gasteiger partial charge in [-0.1, -0.05) is 18.2 Å². The van der Waals surface area contributed by atoms with Crippen molar-refractivity contribution in [2.75, 3.05) is 52.3 Å². The molecule has 1 aromatic carbocycles. The van der Waals surface area contributed by atoms with E-state index in [0.717, 1.165) is 42.3 Å². The molecular formula is C17H27N3O2S. The molecule has 5 nitrogen and oxygen atoms in total. The SMILES string of the molecule is COc1ccccc1C(CNC(=O)N1CCCSCC1)N(C)C. The molecule has 23 heavy (non-hydrogen) atoms. The summed E-state index contributed by atoms with van der Waals surface area (Å²) in [6.07, 6.45) is 1.07. The van der Waals surface area contributed by atoms with Gasteiger partial charge in [-0.3, -0.25) is 0 Å². The van der Waals surface area contributed by atoms with Crippen LogP contribution in [0.2, 0.25) is 0 Å². The summed E-state index contributed by atoms with van der Waals surface area (Å²) >= 11 is 1.92. The summed E-state index contributed by atoms with van der Waals surface area (Å²) in [6, 6.07) is 8.09. The van der Waals surface area contributed by atoms with Gasteiger partial charge in [-0.25, -0.2) is 4.79 Å². The highest BCUT2D eigenvalue weighted by molar-refractivity contribution is 7.99. The van der Waals surface area contributed by atoms with E-state index in [1.54, 1.807) is 7.11 Å². The van der Waals surface area contributed by atoms with Gasteiger partial charge in [-0.15, -0.1) is 0 Å². The number of methoxy groups -OCH3 is 1. The largest absolute Gasteiger partial charge is 0.496 e. The molecule has 1 N–H and O–H groups in total. The third-order valence-electron chi connectivity index (χ3n) is 4.08. The third-order valence-corrected chi connectivity index (χ3v) is 5.13. The number of para-hydroxylation sites is 1. The summed E-state index contributed by atoms with van der Waals surface area (Å²) in [5.74, 6) is 3.02. The summed E-state index contributed by atoms with van der Waals surface area (Å²) in [5, 5.41) is 3.09. The molecule has 2 amide bonds. The van der Waals surface area contributed by atoms with Gasteiger partial charge >= 0.3 is 6.03 Å². The molecule has 6 heteroatoms. The molecule has 2 rings (SSSR count). The molecule has 1 unspecified atom stereocenters.